The molecule has 0 bridgehead atoms. The summed E-state index contributed by atoms with van der Waals surface area (Å²) in [6.45, 7) is 5.41. The minimum atomic E-state index is -0.770. The zero-order valence-corrected chi connectivity index (χ0v) is 15.0. The molecule has 10 nitrogen and oxygen atoms in total. The molecular weight excluding hydrogens is 352 g/mol. The molecule has 3 rings (SSSR count). The Morgan fingerprint density at radius 2 is 2.15 bits per heavy atom. The van der Waals surface area contributed by atoms with Gasteiger partial charge in [0, 0.05) is 17.7 Å². The van der Waals surface area contributed by atoms with Crippen LogP contribution in [0, 0.1) is 0 Å². The largest absolute Gasteiger partial charge is 0.451 e. The summed E-state index contributed by atoms with van der Waals surface area (Å²) in [6.07, 6.45) is 4.58. The number of amides is 1. The first-order chi connectivity index (χ1) is 12.8. The lowest BCUT2D eigenvalue weighted by molar-refractivity contribution is -0.119. The Bertz CT molecular complexity index is 942. The van der Waals surface area contributed by atoms with Gasteiger partial charge in [-0.1, -0.05) is 31.1 Å². The number of ether oxygens (including phenoxy) is 1. The van der Waals surface area contributed by atoms with Crippen LogP contribution in [0.4, 0.5) is 5.88 Å². The van der Waals surface area contributed by atoms with Gasteiger partial charge in [-0.2, -0.15) is 0 Å². The SMILES string of the molecule is CC(C)(C)c1cc(NC(=O)COC(=O)c2cn(-c3cccnc3)nn2)on1. The Morgan fingerprint density at radius 3 is 2.81 bits per heavy atom. The summed E-state index contributed by atoms with van der Waals surface area (Å²) in [7, 11) is 0. The fourth-order valence-electron chi connectivity index (χ4n) is 2.04. The Kier molecular flexibility index (Phi) is 4.97. The second-order valence-electron chi connectivity index (χ2n) is 6.71. The van der Waals surface area contributed by atoms with Gasteiger partial charge in [-0.15, -0.1) is 5.10 Å². The molecule has 3 aromatic heterocycles. The Hall–Kier alpha value is -3.56. The van der Waals surface area contributed by atoms with Crippen molar-refractivity contribution in [1.82, 2.24) is 25.1 Å². The second-order valence-corrected chi connectivity index (χ2v) is 6.71. The summed E-state index contributed by atoms with van der Waals surface area (Å²) in [5.74, 6) is -1.14. The molecule has 3 heterocycles. The molecule has 0 fully saturated rings. The number of aromatic nitrogens is 5. The first-order valence-electron chi connectivity index (χ1n) is 8.10. The van der Waals surface area contributed by atoms with E-state index >= 15 is 0 Å². The van der Waals surface area contributed by atoms with Gasteiger partial charge in [0.1, 0.15) is 0 Å². The normalized spacial score (nSPS) is 11.2. The fraction of sp³-hybridized carbons (Fsp3) is 0.294. The van der Waals surface area contributed by atoms with Crippen LogP contribution >= 0.6 is 0 Å². The summed E-state index contributed by atoms with van der Waals surface area (Å²) < 4.78 is 11.4. The zero-order valence-electron chi connectivity index (χ0n) is 15.0. The van der Waals surface area contributed by atoms with Crippen molar-refractivity contribution >= 4 is 17.8 Å². The van der Waals surface area contributed by atoms with Gasteiger partial charge in [0.05, 0.1) is 23.8 Å². The highest BCUT2D eigenvalue weighted by atomic mass is 16.5. The van der Waals surface area contributed by atoms with Crippen molar-refractivity contribution in [2.45, 2.75) is 26.2 Å². The summed E-state index contributed by atoms with van der Waals surface area (Å²) in [5, 5.41) is 13.9. The van der Waals surface area contributed by atoms with Crippen LogP contribution in [0.2, 0.25) is 0 Å². The molecule has 0 saturated carbocycles. The molecule has 140 valence electrons. The first-order valence-corrected chi connectivity index (χ1v) is 8.10. The monoisotopic (exact) mass is 370 g/mol. The van der Waals surface area contributed by atoms with E-state index in [1.165, 1.54) is 10.9 Å². The van der Waals surface area contributed by atoms with Gasteiger partial charge in [-0.25, -0.2) is 9.48 Å². The lowest BCUT2D eigenvalue weighted by Gasteiger charge is -2.12. The number of pyridine rings is 1. The van der Waals surface area contributed by atoms with E-state index in [1.54, 1.807) is 30.6 Å². The lowest BCUT2D eigenvalue weighted by Crippen LogP contribution is -2.21. The summed E-state index contributed by atoms with van der Waals surface area (Å²) in [6, 6.07) is 5.11. The van der Waals surface area contributed by atoms with Crippen molar-refractivity contribution in [2.75, 3.05) is 11.9 Å². The van der Waals surface area contributed by atoms with Crippen LogP contribution < -0.4 is 5.32 Å². The number of nitrogens with one attached hydrogen (secondary N) is 1. The fourth-order valence-corrected chi connectivity index (χ4v) is 2.04. The molecule has 0 saturated heterocycles. The highest BCUT2D eigenvalue weighted by Gasteiger charge is 2.20. The number of carbonyl (C=O) groups excluding carboxylic acids is 2. The van der Waals surface area contributed by atoms with E-state index < -0.39 is 18.5 Å². The third-order valence-corrected chi connectivity index (χ3v) is 3.49. The van der Waals surface area contributed by atoms with Gasteiger partial charge in [0.25, 0.3) is 5.91 Å². The van der Waals surface area contributed by atoms with Crippen molar-refractivity contribution < 1.29 is 18.8 Å². The smallest absolute Gasteiger partial charge is 0.361 e. The Labute approximate surface area is 154 Å². The van der Waals surface area contributed by atoms with Crippen molar-refractivity contribution in [3.8, 4) is 5.69 Å². The standard InChI is InChI=1S/C17H18N6O4/c1-17(2,3)13-7-15(27-21-13)19-14(24)10-26-16(25)12-9-23(22-20-12)11-5-4-6-18-8-11/h4-9H,10H2,1-3H3,(H,19,24). The third kappa shape index (κ3) is 4.54. The topological polar surface area (TPSA) is 125 Å². The van der Waals surface area contributed by atoms with Crippen molar-refractivity contribution in [1.29, 1.82) is 0 Å². The van der Waals surface area contributed by atoms with Crippen LogP contribution in [0.1, 0.15) is 37.0 Å². The van der Waals surface area contributed by atoms with Crippen LogP contribution in [-0.4, -0.2) is 43.6 Å². The predicted octanol–water partition coefficient (Wildman–Crippen LogP) is 1.74. The molecule has 27 heavy (non-hydrogen) atoms. The molecule has 0 aliphatic heterocycles. The van der Waals surface area contributed by atoms with E-state index in [-0.39, 0.29) is 17.0 Å². The molecule has 0 radical (unpaired) electrons. The van der Waals surface area contributed by atoms with E-state index in [0.717, 1.165) is 0 Å². The quantitative estimate of drug-likeness (QED) is 0.673. The van der Waals surface area contributed by atoms with Crippen LogP contribution in [0.5, 0.6) is 0 Å². The van der Waals surface area contributed by atoms with Crippen molar-refractivity contribution in [3.05, 3.63) is 48.2 Å². The van der Waals surface area contributed by atoms with E-state index in [1.807, 2.05) is 20.8 Å². The molecule has 0 unspecified atom stereocenters. The van der Waals surface area contributed by atoms with Crippen molar-refractivity contribution in [2.24, 2.45) is 0 Å². The number of hydrogen-bond acceptors (Lipinski definition) is 8. The van der Waals surface area contributed by atoms with E-state index in [9.17, 15) is 9.59 Å². The van der Waals surface area contributed by atoms with Crippen LogP contribution in [0.25, 0.3) is 5.69 Å². The number of rotatable bonds is 5. The Balaban J connectivity index is 1.54. The molecule has 1 N–H and O–H groups in total. The van der Waals surface area contributed by atoms with E-state index in [2.05, 4.69) is 25.8 Å². The molecular formula is C17H18N6O4. The number of carbonyl (C=O) groups is 2. The highest BCUT2D eigenvalue weighted by molar-refractivity contribution is 5.93. The minimum absolute atomic E-state index is 0.0265. The molecule has 1 amide bonds. The average Bonchev–Trinajstić information content (AvgIpc) is 3.30. The minimum Gasteiger partial charge on any atom is -0.451 e. The predicted molar refractivity (Wildman–Crippen MR) is 93.3 cm³/mol. The first kappa shape index (κ1) is 18.2. The van der Waals surface area contributed by atoms with Gasteiger partial charge in [-0.05, 0) is 12.1 Å². The van der Waals surface area contributed by atoms with E-state index in [4.69, 9.17) is 9.26 Å². The van der Waals surface area contributed by atoms with Gasteiger partial charge in [0.15, 0.2) is 12.3 Å². The second kappa shape index (κ2) is 7.36. The maximum Gasteiger partial charge on any atom is 0.361 e. The highest BCUT2D eigenvalue weighted by Crippen LogP contribution is 2.23. The van der Waals surface area contributed by atoms with Gasteiger partial charge in [-0.3, -0.25) is 15.1 Å². The van der Waals surface area contributed by atoms with Crippen LogP contribution in [0.15, 0.2) is 41.3 Å². The molecule has 3 aromatic rings. The molecule has 0 aromatic carbocycles. The Morgan fingerprint density at radius 1 is 1.33 bits per heavy atom. The van der Waals surface area contributed by atoms with Crippen LogP contribution in [0.3, 0.4) is 0 Å². The molecule has 0 atom stereocenters. The molecule has 10 heteroatoms. The summed E-state index contributed by atoms with van der Waals surface area (Å²) in [5.41, 5.74) is 1.10. The van der Waals surface area contributed by atoms with Gasteiger partial charge < -0.3 is 9.26 Å². The maximum atomic E-state index is 12.0. The average molecular weight is 370 g/mol. The van der Waals surface area contributed by atoms with Gasteiger partial charge >= 0.3 is 5.97 Å². The van der Waals surface area contributed by atoms with Crippen molar-refractivity contribution in [3.63, 3.8) is 0 Å². The van der Waals surface area contributed by atoms with Gasteiger partial charge in [0.2, 0.25) is 5.88 Å². The number of hydrogen-bond donors (Lipinski definition) is 1. The number of anilines is 1. The maximum absolute atomic E-state index is 12.0. The molecule has 0 spiro atoms. The molecule has 0 aliphatic rings. The van der Waals surface area contributed by atoms with Crippen LogP contribution in [-0.2, 0) is 14.9 Å². The van der Waals surface area contributed by atoms with E-state index in [0.29, 0.717) is 11.4 Å². The number of esters is 1. The number of nitrogens with zero attached hydrogens (tertiary/aromatic N) is 5. The summed E-state index contributed by atoms with van der Waals surface area (Å²) >= 11 is 0. The zero-order chi connectivity index (χ0) is 19.4. The lowest BCUT2D eigenvalue weighted by atomic mass is 9.92. The molecule has 0 aliphatic carbocycles. The summed E-state index contributed by atoms with van der Waals surface area (Å²) in [4.78, 5) is 27.9. The third-order valence-electron chi connectivity index (χ3n) is 3.49.